The first kappa shape index (κ1) is 16.7. The van der Waals surface area contributed by atoms with Gasteiger partial charge in [-0.2, -0.15) is 0 Å². The van der Waals surface area contributed by atoms with Crippen LogP contribution < -0.4 is 16.4 Å². The highest BCUT2D eigenvalue weighted by atomic mass is 79.9. The molecule has 1 unspecified atom stereocenters. The maximum Gasteiger partial charge on any atom is 0.317 e. The average Bonchev–Trinajstić information content (AvgIpc) is 2.61. The predicted octanol–water partition coefficient (Wildman–Crippen LogP) is 2.36. The molecular weight excluding hydrogens is 400 g/mol. The summed E-state index contributed by atoms with van der Waals surface area (Å²) in [6.45, 7) is 0. The lowest BCUT2D eigenvalue weighted by Crippen LogP contribution is -2.41. The van der Waals surface area contributed by atoms with Crippen molar-refractivity contribution in [3.8, 4) is 0 Å². The Labute approximate surface area is 156 Å². The molecule has 26 heavy (non-hydrogen) atoms. The van der Waals surface area contributed by atoms with Crippen molar-refractivity contribution in [3.63, 3.8) is 0 Å². The number of carbonyl (C=O) groups excluding carboxylic acids is 1. The third kappa shape index (κ3) is 2.96. The molecule has 1 aliphatic heterocycles. The van der Waals surface area contributed by atoms with Crippen molar-refractivity contribution in [3.05, 3.63) is 67.4 Å². The molecule has 0 spiro atoms. The van der Waals surface area contributed by atoms with E-state index in [9.17, 15) is 14.4 Å². The lowest BCUT2D eigenvalue weighted by atomic mass is 9.96. The van der Waals surface area contributed by atoms with E-state index in [-0.39, 0.29) is 18.4 Å². The summed E-state index contributed by atoms with van der Waals surface area (Å²) in [4.78, 5) is 43.6. The minimum atomic E-state index is -0.680. The molecule has 132 valence electrons. The number of hydrogen-bond donors (Lipinski definition) is 2. The van der Waals surface area contributed by atoms with Gasteiger partial charge >= 0.3 is 11.1 Å². The first-order chi connectivity index (χ1) is 12.5. The molecule has 0 bridgehead atoms. The number of aromatic amines is 1. The molecule has 8 heteroatoms. The molecule has 1 atom stereocenters. The molecule has 4 rings (SSSR count). The Morgan fingerprint density at radius 1 is 1.38 bits per heavy atom. The molecule has 0 fully saturated rings. The van der Waals surface area contributed by atoms with Gasteiger partial charge in [-0.25, -0.2) is 0 Å². The molecular formula is C18H15BrN4O3. The Morgan fingerprint density at radius 3 is 3.00 bits per heavy atom. The van der Waals surface area contributed by atoms with Gasteiger partial charge in [0.25, 0.3) is 0 Å². The summed E-state index contributed by atoms with van der Waals surface area (Å²) < 4.78 is 2.32. The van der Waals surface area contributed by atoms with Crippen LogP contribution in [0, 0.1) is 0 Å². The maximum absolute atomic E-state index is 12.5. The van der Waals surface area contributed by atoms with Crippen molar-refractivity contribution in [2.45, 2.75) is 25.3 Å². The van der Waals surface area contributed by atoms with Gasteiger partial charge in [0.1, 0.15) is 0 Å². The summed E-state index contributed by atoms with van der Waals surface area (Å²) in [5.41, 5.74) is 1.56. The highest BCUT2D eigenvalue weighted by molar-refractivity contribution is 9.10. The van der Waals surface area contributed by atoms with Gasteiger partial charge in [0, 0.05) is 23.1 Å². The third-order valence-corrected chi connectivity index (χ3v) is 4.99. The standard InChI is InChI=1S/C18H15BrN4O3/c19-11-6-10-3-4-13(8-15(24)21-12-2-1-5-20-9-12)23-16(10)14(7-11)22-17(25)18(23)26/h1-2,5-7,9,13H,3-4,8H2,(H,21,24)(H,22,25). The van der Waals surface area contributed by atoms with E-state index in [0.717, 1.165) is 16.5 Å². The normalized spacial score (nSPS) is 15.8. The van der Waals surface area contributed by atoms with Crippen LogP contribution in [0.5, 0.6) is 0 Å². The summed E-state index contributed by atoms with van der Waals surface area (Å²) in [5.74, 6) is -0.219. The van der Waals surface area contributed by atoms with Crippen LogP contribution in [0.25, 0.3) is 11.0 Å². The number of hydrogen-bond acceptors (Lipinski definition) is 4. The Kier molecular flexibility index (Phi) is 4.20. The van der Waals surface area contributed by atoms with E-state index in [4.69, 9.17) is 0 Å². The summed E-state index contributed by atoms with van der Waals surface area (Å²) in [7, 11) is 0. The molecule has 2 aromatic heterocycles. The summed E-state index contributed by atoms with van der Waals surface area (Å²) in [6, 6.07) is 6.83. The largest absolute Gasteiger partial charge is 0.325 e. The van der Waals surface area contributed by atoms with Crippen LogP contribution in [0.3, 0.4) is 0 Å². The van der Waals surface area contributed by atoms with Gasteiger partial charge in [-0.15, -0.1) is 0 Å². The topological polar surface area (TPSA) is 96.9 Å². The van der Waals surface area contributed by atoms with Gasteiger partial charge in [0.2, 0.25) is 5.91 Å². The Hall–Kier alpha value is -2.74. The molecule has 7 nitrogen and oxygen atoms in total. The second-order valence-corrected chi connectivity index (χ2v) is 7.19. The number of aromatic nitrogens is 3. The van der Waals surface area contributed by atoms with E-state index < -0.39 is 11.1 Å². The molecule has 1 aliphatic rings. The second kappa shape index (κ2) is 6.53. The van der Waals surface area contributed by atoms with E-state index in [1.54, 1.807) is 30.6 Å². The number of halogens is 1. The number of H-pyrrole nitrogens is 1. The Balaban J connectivity index is 1.73. The number of pyridine rings is 1. The average molecular weight is 415 g/mol. The van der Waals surface area contributed by atoms with Crippen LogP contribution in [0.4, 0.5) is 5.69 Å². The lowest BCUT2D eigenvalue weighted by Gasteiger charge is -2.27. The zero-order chi connectivity index (χ0) is 18.3. The highest BCUT2D eigenvalue weighted by Crippen LogP contribution is 2.32. The number of aryl methyl sites for hydroxylation is 1. The summed E-state index contributed by atoms with van der Waals surface area (Å²) in [6.07, 6.45) is 4.64. The number of benzene rings is 1. The molecule has 0 aliphatic carbocycles. The van der Waals surface area contributed by atoms with E-state index in [0.29, 0.717) is 23.1 Å². The smallest absolute Gasteiger partial charge is 0.317 e. The van der Waals surface area contributed by atoms with Crippen LogP contribution in [0.2, 0.25) is 0 Å². The van der Waals surface area contributed by atoms with Crippen molar-refractivity contribution in [2.75, 3.05) is 5.32 Å². The van der Waals surface area contributed by atoms with E-state index in [2.05, 4.69) is 31.2 Å². The van der Waals surface area contributed by atoms with Gasteiger partial charge in [0.15, 0.2) is 0 Å². The minimum absolute atomic E-state index is 0.114. The van der Waals surface area contributed by atoms with Gasteiger partial charge in [-0.05, 0) is 42.7 Å². The van der Waals surface area contributed by atoms with Crippen LogP contribution in [0.15, 0.2) is 50.7 Å². The van der Waals surface area contributed by atoms with Crippen LogP contribution in [0.1, 0.15) is 24.4 Å². The number of nitrogens with one attached hydrogen (secondary N) is 2. The molecule has 3 aromatic rings. The number of anilines is 1. The summed E-state index contributed by atoms with van der Waals surface area (Å²) >= 11 is 3.43. The molecule has 3 heterocycles. The molecule has 1 aromatic carbocycles. The second-order valence-electron chi connectivity index (χ2n) is 6.28. The SMILES string of the molecule is O=C(CC1CCc2cc(Br)cc3[nH]c(=O)c(=O)n1c23)Nc1cccnc1. The van der Waals surface area contributed by atoms with Crippen LogP contribution in [-0.2, 0) is 11.2 Å². The fraction of sp³-hybridized carbons (Fsp3) is 0.222. The third-order valence-electron chi connectivity index (χ3n) is 4.53. The lowest BCUT2D eigenvalue weighted by molar-refractivity contribution is -0.117. The number of nitrogens with zero attached hydrogens (tertiary/aromatic N) is 2. The van der Waals surface area contributed by atoms with Gasteiger partial charge in [-0.3, -0.25) is 23.9 Å². The first-order valence-corrected chi connectivity index (χ1v) is 8.99. The number of amides is 1. The molecule has 2 N–H and O–H groups in total. The fourth-order valence-electron chi connectivity index (χ4n) is 3.47. The van der Waals surface area contributed by atoms with Crippen molar-refractivity contribution < 1.29 is 4.79 Å². The summed E-state index contributed by atoms with van der Waals surface area (Å²) in [5, 5.41) is 2.78. The highest BCUT2D eigenvalue weighted by Gasteiger charge is 2.26. The van der Waals surface area contributed by atoms with Gasteiger partial charge in [-0.1, -0.05) is 15.9 Å². The van der Waals surface area contributed by atoms with Crippen LogP contribution >= 0.6 is 15.9 Å². The van der Waals surface area contributed by atoms with Crippen molar-refractivity contribution in [1.82, 2.24) is 14.5 Å². The first-order valence-electron chi connectivity index (χ1n) is 8.20. The minimum Gasteiger partial charge on any atom is -0.325 e. The molecule has 1 amide bonds. The van der Waals surface area contributed by atoms with Crippen LogP contribution in [-0.4, -0.2) is 20.4 Å². The van der Waals surface area contributed by atoms with Gasteiger partial charge in [0.05, 0.1) is 22.9 Å². The maximum atomic E-state index is 12.5. The fourth-order valence-corrected chi connectivity index (χ4v) is 3.97. The van der Waals surface area contributed by atoms with Crippen molar-refractivity contribution in [1.29, 1.82) is 0 Å². The van der Waals surface area contributed by atoms with E-state index >= 15 is 0 Å². The Bertz CT molecular complexity index is 1120. The van der Waals surface area contributed by atoms with Crippen molar-refractivity contribution >= 4 is 38.6 Å². The zero-order valence-corrected chi connectivity index (χ0v) is 15.2. The molecule has 0 saturated carbocycles. The predicted molar refractivity (Wildman–Crippen MR) is 101 cm³/mol. The van der Waals surface area contributed by atoms with Gasteiger partial charge < -0.3 is 10.3 Å². The zero-order valence-electron chi connectivity index (χ0n) is 13.7. The molecule has 0 saturated heterocycles. The Morgan fingerprint density at radius 2 is 2.23 bits per heavy atom. The van der Waals surface area contributed by atoms with E-state index in [1.165, 1.54) is 4.57 Å². The monoisotopic (exact) mass is 414 g/mol. The number of rotatable bonds is 3. The quantitative estimate of drug-likeness (QED) is 0.642. The molecule has 0 radical (unpaired) electrons. The van der Waals surface area contributed by atoms with Crippen molar-refractivity contribution in [2.24, 2.45) is 0 Å². The van der Waals surface area contributed by atoms with E-state index in [1.807, 2.05) is 6.07 Å². The number of carbonyl (C=O) groups is 1.